The average molecular weight is 292 g/mol. The van der Waals surface area contributed by atoms with Gasteiger partial charge in [-0.15, -0.1) is 0 Å². The van der Waals surface area contributed by atoms with Crippen molar-refractivity contribution in [3.63, 3.8) is 0 Å². The lowest BCUT2D eigenvalue weighted by Gasteiger charge is -2.32. The van der Waals surface area contributed by atoms with Crippen LogP contribution in [0.4, 0.5) is 0 Å². The second kappa shape index (κ2) is 5.16. The number of aromatic nitrogens is 4. The van der Waals surface area contributed by atoms with Gasteiger partial charge in [0.1, 0.15) is 11.8 Å². The molecule has 0 saturated heterocycles. The smallest absolute Gasteiger partial charge is 0.242 e. The summed E-state index contributed by atoms with van der Waals surface area (Å²) in [4.78, 5) is 11.7. The zero-order chi connectivity index (χ0) is 14.3. The van der Waals surface area contributed by atoms with E-state index in [1.54, 1.807) is 7.11 Å². The van der Waals surface area contributed by atoms with Crippen molar-refractivity contribution < 1.29 is 4.74 Å². The van der Waals surface area contributed by atoms with E-state index in [2.05, 4.69) is 33.4 Å². The summed E-state index contributed by atoms with van der Waals surface area (Å²) < 4.78 is 8.14. The number of hydrogen-bond acceptors (Lipinski definition) is 4. The number of fused-ring (bicyclic) bond motifs is 1. The van der Waals surface area contributed by atoms with Gasteiger partial charge in [-0.3, -0.25) is 4.57 Å². The van der Waals surface area contributed by atoms with Crippen LogP contribution in [0.3, 0.4) is 0 Å². The van der Waals surface area contributed by atoms with Crippen LogP contribution in [0.15, 0.2) is 6.33 Å². The molecular weight excluding hydrogens is 272 g/mol. The predicted molar refractivity (Wildman–Crippen MR) is 80.5 cm³/mol. The standard InChI is InChI=1S/C14H20N4OS/c1-8-4-5-10(6-9(8)2)18-12-11(17-14(18)20)13(19-3)16-7-15-12/h7-10H,4-6H2,1-3H3,(H,17,20). The Morgan fingerprint density at radius 1 is 1.30 bits per heavy atom. The van der Waals surface area contributed by atoms with Crippen molar-refractivity contribution in [3.8, 4) is 5.88 Å². The van der Waals surface area contributed by atoms with Crippen LogP contribution in [0.5, 0.6) is 5.88 Å². The fourth-order valence-electron chi connectivity index (χ4n) is 3.16. The Hall–Kier alpha value is -1.43. The first kappa shape index (κ1) is 13.5. The largest absolute Gasteiger partial charge is 0.479 e. The van der Waals surface area contributed by atoms with Gasteiger partial charge >= 0.3 is 0 Å². The Bertz CT molecular complexity index is 677. The first-order chi connectivity index (χ1) is 9.61. The van der Waals surface area contributed by atoms with Crippen LogP contribution < -0.4 is 4.74 Å². The fourth-order valence-corrected chi connectivity index (χ4v) is 3.50. The van der Waals surface area contributed by atoms with Gasteiger partial charge in [0, 0.05) is 6.04 Å². The second-order valence-electron chi connectivity index (χ2n) is 5.80. The van der Waals surface area contributed by atoms with Crippen molar-refractivity contribution in [1.82, 2.24) is 19.5 Å². The molecule has 1 aliphatic carbocycles. The van der Waals surface area contributed by atoms with E-state index in [9.17, 15) is 0 Å². The van der Waals surface area contributed by atoms with Crippen LogP contribution in [-0.2, 0) is 0 Å². The number of nitrogens with one attached hydrogen (secondary N) is 1. The van der Waals surface area contributed by atoms with E-state index in [1.807, 2.05) is 0 Å². The molecule has 2 aromatic heterocycles. The van der Waals surface area contributed by atoms with Crippen LogP contribution in [0.2, 0.25) is 0 Å². The van der Waals surface area contributed by atoms with E-state index < -0.39 is 0 Å². The van der Waals surface area contributed by atoms with Gasteiger partial charge in [-0.1, -0.05) is 13.8 Å². The van der Waals surface area contributed by atoms with Crippen LogP contribution >= 0.6 is 12.2 Å². The minimum Gasteiger partial charge on any atom is -0.479 e. The SMILES string of the molecule is COc1ncnc2c1[nH]c(=S)n2C1CCC(C)C(C)C1. The fraction of sp³-hybridized carbons (Fsp3) is 0.643. The van der Waals surface area contributed by atoms with Gasteiger partial charge in [0.2, 0.25) is 5.88 Å². The number of rotatable bonds is 2. The van der Waals surface area contributed by atoms with Crippen LogP contribution in [0.1, 0.15) is 39.2 Å². The van der Waals surface area contributed by atoms with Crippen molar-refractivity contribution in [2.45, 2.75) is 39.2 Å². The van der Waals surface area contributed by atoms with E-state index in [4.69, 9.17) is 17.0 Å². The summed E-state index contributed by atoms with van der Waals surface area (Å²) >= 11 is 5.49. The minimum atomic E-state index is 0.419. The summed E-state index contributed by atoms with van der Waals surface area (Å²) in [5, 5.41) is 0. The Morgan fingerprint density at radius 3 is 2.80 bits per heavy atom. The minimum absolute atomic E-state index is 0.419. The van der Waals surface area contributed by atoms with Crippen LogP contribution in [0, 0.1) is 16.6 Å². The molecule has 0 aromatic carbocycles. The summed E-state index contributed by atoms with van der Waals surface area (Å²) in [6.07, 6.45) is 5.07. The van der Waals surface area contributed by atoms with E-state index in [-0.39, 0.29) is 0 Å². The predicted octanol–water partition coefficient (Wildman–Crippen LogP) is 3.49. The van der Waals surface area contributed by atoms with Crippen molar-refractivity contribution in [1.29, 1.82) is 0 Å². The normalized spacial score (nSPS) is 26.9. The topological polar surface area (TPSA) is 55.7 Å². The highest BCUT2D eigenvalue weighted by Crippen LogP contribution is 2.38. The van der Waals surface area contributed by atoms with Crippen LogP contribution in [-0.4, -0.2) is 26.6 Å². The summed E-state index contributed by atoms with van der Waals surface area (Å²) in [5.74, 6) is 2.05. The van der Waals surface area contributed by atoms with Crippen molar-refractivity contribution in [2.24, 2.45) is 11.8 Å². The van der Waals surface area contributed by atoms with Crippen molar-refractivity contribution >= 4 is 23.4 Å². The summed E-state index contributed by atoms with van der Waals surface area (Å²) in [6, 6.07) is 0.419. The van der Waals surface area contributed by atoms with E-state index in [0.29, 0.717) is 22.6 Å². The molecule has 1 N–H and O–H groups in total. The third-order valence-electron chi connectivity index (χ3n) is 4.60. The molecule has 3 unspecified atom stereocenters. The Morgan fingerprint density at radius 2 is 2.10 bits per heavy atom. The average Bonchev–Trinajstić information content (AvgIpc) is 2.78. The molecule has 1 saturated carbocycles. The zero-order valence-corrected chi connectivity index (χ0v) is 12.9. The molecule has 0 aliphatic heterocycles. The van der Waals surface area contributed by atoms with Crippen molar-refractivity contribution in [3.05, 3.63) is 11.1 Å². The second-order valence-corrected chi connectivity index (χ2v) is 6.19. The van der Waals surface area contributed by atoms with Crippen LogP contribution in [0.25, 0.3) is 11.2 Å². The molecule has 1 aliphatic rings. The molecule has 3 rings (SSSR count). The number of ether oxygens (including phenoxy) is 1. The first-order valence-corrected chi connectivity index (χ1v) is 7.51. The monoisotopic (exact) mass is 292 g/mol. The molecular formula is C14H20N4OS. The van der Waals surface area contributed by atoms with Gasteiger partial charge < -0.3 is 9.72 Å². The van der Waals surface area contributed by atoms with Crippen molar-refractivity contribution in [2.75, 3.05) is 7.11 Å². The summed E-state index contributed by atoms with van der Waals surface area (Å²) in [6.45, 7) is 4.66. The molecule has 6 heteroatoms. The highest BCUT2D eigenvalue weighted by molar-refractivity contribution is 7.71. The molecule has 0 amide bonds. The van der Waals surface area contributed by atoms with Gasteiger partial charge in [0.05, 0.1) is 7.11 Å². The molecule has 108 valence electrons. The Labute approximate surface area is 123 Å². The molecule has 0 radical (unpaired) electrons. The maximum Gasteiger partial charge on any atom is 0.242 e. The zero-order valence-electron chi connectivity index (χ0n) is 12.1. The summed E-state index contributed by atoms with van der Waals surface area (Å²) in [7, 11) is 1.61. The molecule has 0 spiro atoms. The number of imidazole rings is 1. The van der Waals surface area contributed by atoms with Gasteiger partial charge in [-0.05, 0) is 43.3 Å². The number of nitrogens with zero attached hydrogens (tertiary/aromatic N) is 3. The summed E-state index contributed by atoms with van der Waals surface area (Å²) in [5.41, 5.74) is 1.65. The quantitative estimate of drug-likeness (QED) is 0.861. The third-order valence-corrected chi connectivity index (χ3v) is 4.90. The third kappa shape index (κ3) is 2.12. The molecule has 2 aromatic rings. The van der Waals surface area contributed by atoms with Gasteiger partial charge in [-0.25, -0.2) is 4.98 Å². The maximum atomic E-state index is 5.49. The number of H-pyrrole nitrogens is 1. The van der Waals surface area contributed by atoms with Gasteiger partial charge in [0.25, 0.3) is 0 Å². The van der Waals surface area contributed by atoms with E-state index >= 15 is 0 Å². The molecule has 20 heavy (non-hydrogen) atoms. The highest BCUT2D eigenvalue weighted by atomic mass is 32.1. The lowest BCUT2D eigenvalue weighted by Crippen LogP contribution is -2.23. The Balaban J connectivity index is 2.08. The number of methoxy groups -OCH3 is 1. The van der Waals surface area contributed by atoms with E-state index in [1.165, 1.54) is 12.7 Å². The highest BCUT2D eigenvalue weighted by Gasteiger charge is 2.28. The lowest BCUT2D eigenvalue weighted by atomic mass is 9.79. The molecule has 0 bridgehead atoms. The molecule has 2 heterocycles. The number of hydrogen-bond donors (Lipinski definition) is 1. The number of aromatic amines is 1. The maximum absolute atomic E-state index is 5.49. The molecule has 5 nitrogen and oxygen atoms in total. The first-order valence-electron chi connectivity index (χ1n) is 7.11. The molecule has 3 atom stereocenters. The lowest BCUT2D eigenvalue weighted by molar-refractivity contribution is 0.212. The molecule has 1 fully saturated rings. The van der Waals surface area contributed by atoms with Gasteiger partial charge in [0.15, 0.2) is 10.4 Å². The van der Waals surface area contributed by atoms with Gasteiger partial charge in [-0.2, -0.15) is 4.98 Å². The Kier molecular flexibility index (Phi) is 3.50. The van der Waals surface area contributed by atoms with E-state index in [0.717, 1.165) is 29.9 Å².